The van der Waals surface area contributed by atoms with Gasteiger partial charge >= 0.3 is 6.03 Å². The van der Waals surface area contributed by atoms with Gasteiger partial charge in [0.15, 0.2) is 0 Å². The monoisotopic (exact) mass is 312 g/mol. The molecule has 4 heteroatoms. The maximum Gasteiger partial charge on any atom is 0.319 e. The predicted molar refractivity (Wildman–Crippen MR) is 94.0 cm³/mol. The minimum absolute atomic E-state index is 0.228. The number of ether oxygens (including phenoxy) is 1. The fraction of sp³-hybridized carbons (Fsp3) is 0.316. The standard InChI is InChI=1S/C19H24N2O2/c1-4-23-18-8-6-5-7-16(18)13-20-19(22)21-17-11-9-15(10-12-17)14(2)3/h5-12,14H,4,13H2,1-3H3,(H2,20,21,22). The van der Waals surface area contributed by atoms with Crippen molar-refractivity contribution in [3.8, 4) is 5.75 Å². The first-order valence-electron chi connectivity index (χ1n) is 7.95. The zero-order chi connectivity index (χ0) is 16.7. The molecule has 0 saturated heterocycles. The molecule has 0 heterocycles. The molecule has 0 aliphatic rings. The molecule has 0 radical (unpaired) electrons. The van der Waals surface area contributed by atoms with Crippen LogP contribution in [0.5, 0.6) is 5.75 Å². The second kappa shape index (κ2) is 8.22. The van der Waals surface area contributed by atoms with Crippen LogP contribution in [0.25, 0.3) is 0 Å². The number of hydrogen-bond acceptors (Lipinski definition) is 2. The van der Waals surface area contributed by atoms with Crippen molar-refractivity contribution in [2.24, 2.45) is 0 Å². The molecule has 2 rings (SSSR count). The van der Waals surface area contributed by atoms with Crippen molar-refractivity contribution in [1.82, 2.24) is 5.32 Å². The maximum atomic E-state index is 12.0. The number of benzene rings is 2. The second-order valence-electron chi connectivity index (χ2n) is 5.63. The van der Waals surface area contributed by atoms with Crippen LogP contribution in [0.1, 0.15) is 37.8 Å². The highest BCUT2D eigenvalue weighted by Crippen LogP contribution is 2.18. The molecule has 0 aliphatic carbocycles. The van der Waals surface area contributed by atoms with Crippen molar-refractivity contribution in [2.75, 3.05) is 11.9 Å². The number of anilines is 1. The fourth-order valence-electron chi connectivity index (χ4n) is 2.25. The van der Waals surface area contributed by atoms with E-state index in [1.807, 2.05) is 55.5 Å². The van der Waals surface area contributed by atoms with Crippen LogP contribution in [-0.2, 0) is 6.54 Å². The summed E-state index contributed by atoms with van der Waals surface area (Å²) in [7, 11) is 0. The highest BCUT2D eigenvalue weighted by Gasteiger charge is 2.06. The van der Waals surface area contributed by atoms with Crippen LogP contribution >= 0.6 is 0 Å². The summed E-state index contributed by atoms with van der Waals surface area (Å²) in [6, 6.07) is 15.4. The number of urea groups is 1. The molecule has 2 aromatic rings. The van der Waals surface area contributed by atoms with Crippen LogP contribution in [0.2, 0.25) is 0 Å². The highest BCUT2D eigenvalue weighted by molar-refractivity contribution is 5.89. The molecule has 0 aromatic heterocycles. The normalized spacial score (nSPS) is 10.4. The zero-order valence-electron chi connectivity index (χ0n) is 13.9. The van der Waals surface area contributed by atoms with E-state index in [2.05, 4.69) is 24.5 Å². The van der Waals surface area contributed by atoms with Gasteiger partial charge in [0.1, 0.15) is 5.75 Å². The van der Waals surface area contributed by atoms with E-state index in [0.29, 0.717) is 19.1 Å². The van der Waals surface area contributed by atoms with E-state index >= 15 is 0 Å². The number of hydrogen-bond donors (Lipinski definition) is 2. The Morgan fingerprint density at radius 2 is 1.78 bits per heavy atom. The Labute approximate surface area is 137 Å². The van der Waals surface area contributed by atoms with Crippen molar-refractivity contribution >= 4 is 11.7 Å². The predicted octanol–water partition coefficient (Wildman–Crippen LogP) is 4.53. The van der Waals surface area contributed by atoms with Gasteiger partial charge in [0.2, 0.25) is 0 Å². The van der Waals surface area contributed by atoms with Crippen molar-refractivity contribution in [1.29, 1.82) is 0 Å². The first-order valence-corrected chi connectivity index (χ1v) is 7.95. The van der Waals surface area contributed by atoms with Crippen LogP contribution in [0.3, 0.4) is 0 Å². The van der Waals surface area contributed by atoms with E-state index < -0.39 is 0 Å². The molecule has 0 aliphatic heterocycles. The van der Waals surface area contributed by atoms with Crippen LogP contribution in [0.4, 0.5) is 10.5 Å². The summed E-state index contributed by atoms with van der Waals surface area (Å²) in [6.07, 6.45) is 0. The van der Waals surface area contributed by atoms with Gasteiger partial charge in [0.25, 0.3) is 0 Å². The summed E-state index contributed by atoms with van der Waals surface area (Å²) in [5.41, 5.74) is 2.99. The Morgan fingerprint density at radius 1 is 1.09 bits per heavy atom. The van der Waals surface area contributed by atoms with Gasteiger partial charge in [0, 0.05) is 17.8 Å². The molecule has 0 spiro atoms. The molecule has 122 valence electrons. The lowest BCUT2D eigenvalue weighted by molar-refractivity contribution is 0.251. The van der Waals surface area contributed by atoms with Gasteiger partial charge in [0.05, 0.1) is 6.61 Å². The quantitative estimate of drug-likeness (QED) is 0.823. The average molecular weight is 312 g/mol. The van der Waals surface area contributed by atoms with Gasteiger partial charge in [-0.15, -0.1) is 0 Å². The molecular formula is C19H24N2O2. The average Bonchev–Trinajstić information content (AvgIpc) is 2.55. The Balaban J connectivity index is 1.90. The zero-order valence-corrected chi connectivity index (χ0v) is 13.9. The minimum atomic E-state index is -0.228. The van der Waals surface area contributed by atoms with E-state index in [1.54, 1.807) is 0 Å². The molecule has 23 heavy (non-hydrogen) atoms. The number of amides is 2. The van der Waals surface area contributed by atoms with Crippen LogP contribution in [0, 0.1) is 0 Å². The molecule has 0 atom stereocenters. The van der Waals surface area contributed by atoms with Gasteiger partial charge in [-0.1, -0.05) is 44.2 Å². The molecule has 0 bridgehead atoms. The largest absolute Gasteiger partial charge is 0.494 e. The second-order valence-corrected chi connectivity index (χ2v) is 5.63. The van der Waals surface area contributed by atoms with Gasteiger partial charge in [-0.05, 0) is 36.6 Å². The molecule has 2 amide bonds. The number of para-hydroxylation sites is 1. The lowest BCUT2D eigenvalue weighted by Crippen LogP contribution is -2.28. The third-order valence-electron chi connectivity index (χ3n) is 3.55. The van der Waals surface area contributed by atoms with E-state index in [0.717, 1.165) is 17.0 Å². The number of carbonyl (C=O) groups excluding carboxylic acids is 1. The SMILES string of the molecule is CCOc1ccccc1CNC(=O)Nc1ccc(C(C)C)cc1. The summed E-state index contributed by atoms with van der Waals surface area (Å²) in [5, 5.41) is 5.69. The van der Waals surface area contributed by atoms with Crippen LogP contribution in [-0.4, -0.2) is 12.6 Å². The minimum Gasteiger partial charge on any atom is -0.494 e. The van der Waals surface area contributed by atoms with E-state index in [-0.39, 0.29) is 6.03 Å². The highest BCUT2D eigenvalue weighted by atomic mass is 16.5. The third kappa shape index (κ3) is 5.02. The fourth-order valence-corrected chi connectivity index (χ4v) is 2.25. The number of carbonyl (C=O) groups is 1. The van der Waals surface area contributed by atoms with Crippen molar-refractivity contribution in [2.45, 2.75) is 33.2 Å². The van der Waals surface area contributed by atoms with Crippen LogP contribution in [0.15, 0.2) is 48.5 Å². The Hall–Kier alpha value is -2.49. The molecule has 0 fully saturated rings. The van der Waals surface area contributed by atoms with Crippen molar-refractivity contribution in [3.05, 3.63) is 59.7 Å². The maximum absolute atomic E-state index is 12.0. The first-order chi connectivity index (χ1) is 11.1. The summed E-state index contributed by atoms with van der Waals surface area (Å²) in [4.78, 5) is 12.0. The number of rotatable bonds is 6. The van der Waals surface area contributed by atoms with Gasteiger partial charge in [-0.2, -0.15) is 0 Å². The lowest BCUT2D eigenvalue weighted by atomic mass is 10.0. The smallest absolute Gasteiger partial charge is 0.319 e. The summed E-state index contributed by atoms with van der Waals surface area (Å²) in [5.74, 6) is 1.28. The van der Waals surface area contributed by atoms with E-state index in [1.165, 1.54) is 5.56 Å². The molecule has 2 aromatic carbocycles. The van der Waals surface area contributed by atoms with Crippen molar-refractivity contribution < 1.29 is 9.53 Å². The van der Waals surface area contributed by atoms with E-state index in [4.69, 9.17) is 4.74 Å². The summed E-state index contributed by atoms with van der Waals surface area (Å²) < 4.78 is 5.55. The third-order valence-corrected chi connectivity index (χ3v) is 3.55. The van der Waals surface area contributed by atoms with E-state index in [9.17, 15) is 4.79 Å². The topological polar surface area (TPSA) is 50.4 Å². The Morgan fingerprint density at radius 3 is 2.43 bits per heavy atom. The summed E-state index contributed by atoms with van der Waals surface area (Å²) in [6.45, 7) is 7.26. The molecule has 4 nitrogen and oxygen atoms in total. The Kier molecular flexibility index (Phi) is 6.03. The molecule has 0 unspecified atom stereocenters. The lowest BCUT2D eigenvalue weighted by Gasteiger charge is -2.12. The van der Waals surface area contributed by atoms with Gasteiger partial charge < -0.3 is 15.4 Å². The van der Waals surface area contributed by atoms with Gasteiger partial charge in [-0.25, -0.2) is 4.79 Å². The molecule has 0 saturated carbocycles. The number of nitrogens with one attached hydrogen (secondary N) is 2. The van der Waals surface area contributed by atoms with Gasteiger partial charge in [-0.3, -0.25) is 0 Å². The summed E-state index contributed by atoms with van der Waals surface area (Å²) >= 11 is 0. The Bertz CT molecular complexity index is 636. The van der Waals surface area contributed by atoms with Crippen molar-refractivity contribution in [3.63, 3.8) is 0 Å². The van der Waals surface area contributed by atoms with Crippen LogP contribution < -0.4 is 15.4 Å². The molecular weight excluding hydrogens is 288 g/mol. The molecule has 2 N–H and O–H groups in total. The first kappa shape index (κ1) is 16.9.